The summed E-state index contributed by atoms with van der Waals surface area (Å²) in [7, 11) is 1.95. The van der Waals surface area contributed by atoms with Gasteiger partial charge in [0.15, 0.2) is 0 Å². The van der Waals surface area contributed by atoms with Gasteiger partial charge in [-0.15, -0.1) is 11.3 Å². The van der Waals surface area contributed by atoms with E-state index < -0.39 is 11.4 Å². The van der Waals surface area contributed by atoms with E-state index in [-0.39, 0.29) is 18.3 Å². The second-order valence-corrected chi connectivity index (χ2v) is 7.88. The van der Waals surface area contributed by atoms with Crippen LogP contribution in [0.2, 0.25) is 0 Å². The number of amides is 1. The number of rotatable bonds is 2. The van der Waals surface area contributed by atoms with E-state index in [0.29, 0.717) is 24.5 Å². The smallest absolute Gasteiger partial charge is 0.313 e. The van der Waals surface area contributed by atoms with Crippen LogP contribution in [-0.4, -0.2) is 71.6 Å². The predicted octanol–water partition coefficient (Wildman–Crippen LogP) is 1.69. The highest BCUT2D eigenvalue weighted by Gasteiger charge is 2.57. The zero-order chi connectivity index (χ0) is 18.9. The normalized spacial score (nSPS) is 24.8. The Kier molecular flexibility index (Phi) is 4.97. The van der Waals surface area contributed by atoms with E-state index in [0.717, 1.165) is 16.6 Å². The maximum Gasteiger partial charge on any atom is 0.313 e. The van der Waals surface area contributed by atoms with Gasteiger partial charge in [0.05, 0.1) is 4.88 Å². The van der Waals surface area contributed by atoms with Crippen LogP contribution in [0.5, 0.6) is 0 Å². The minimum absolute atomic E-state index is 0.0170. The van der Waals surface area contributed by atoms with Crippen molar-refractivity contribution in [2.45, 2.75) is 0 Å². The zero-order valence-electron chi connectivity index (χ0n) is 14.3. The number of likely N-dealkylation sites (tertiary alicyclic amines) is 2. The molecule has 0 saturated carbocycles. The summed E-state index contributed by atoms with van der Waals surface area (Å²) in [5.74, 6) is -0.800. The Labute approximate surface area is 154 Å². The van der Waals surface area contributed by atoms with E-state index in [9.17, 15) is 14.7 Å². The Morgan fingerprint density at radius 2 is 1.96 bits per heavy atom. The Morgan fingerprint density at radius 3 is 2.58 bits per heavy atom. The molecule has 0 spiro atoms. The molecule has 2 N–H and O–H groups in total. The lowest BCUT2D eigenvalue weighted by molar-refractivity contribution is -0.148. The average molecular weight is 376 g/mol. The highest BCUT2D eigenvalue weighted by Crippen LogP contribution is 2.43. The molecule has 0 unspecified atom stereocenters. The van der Waals surface area contributed by atoms with Crippen molar-refractivity contribution in [3.63, 3.8) is 0 Å². The molecule has 0 aliphatic carbocycles. The minimum Gasteiger partial charge on any atom is -0.483 e. The summed E-state index contributed by atoms with van der Waals surface area (Å²) in [5.41, 5.74) is -0.804. The lowest BCUT2D eigenvalue weighted by Crippen LogP contribution is -2.41. The van der Waals surface area contributed by atoms with Crippen LogP contribution in [-0.2, 0) is 9.59 Å². The first-order valence-corrected chi connectivity index (χ1v) is 9.00. The van der Waals surface area contributed by atoms with Crippen LogP contribution in [0.1, 0.15) is 9.67 Å². The van der Waals surface area contributed by atoms with E-state index >= 15 is 0 Å². The van der Waals surface area contributed by atoms with E-state index in [1.165, 1.54) is 11.3 Å². The monoisotopic (exact) mass is 376 g/mol. The lowest BCUT2D eigenvalue weighted by atomic mass is 9.81. The number of carboxylic acids is 1. The number of thiophene rings is 1. The van der Waals surface area contributed by atoms with Gasteiger partial charge in [-0.25, -0.2) is 0 Å². The summed E-state index contributed by atoms with van der Waals surface area (Å²) >= 11 is 1.48. The van der Waals surface area contributed by atoms with Crippen molar-refractivity contribution in [2.75, 3.05) is 33.2 Å². The molecule has 0 radical (unpaired) electrons. The van der Waals surface area contributed by atoms with Crippen LogP contribution in [0.25, 0.3) is 10.1 Å². The van der Waals surface area contributed by atoms with Gasteiger partial charge >= 0.3 is 5.97 Å². The van der Waals surface area contributed by atoms with Crippen molar-refractivity contribution >= 4 is 39.8 Å². The Bertz CT molecular complexity index is 818. The number of benzene rings is 1. The molecular weight excluding hydrogens is 356 g/mol. The van der Waals surface area contributed by atoms with E-state index in [1.807, 2.05) is 37.4 Å². The highest BCUT2D eigenvalue weighted by atomic mass is 32.1. The molecule has 2 aliphatic heterocycles. The predicted molar refractivity (Wildman–Crippen MR) is 97.5 cm³/mol. The molecule has 4 rings (SSSR count). The van der Waals surface area contributed by atoms with Gasteiger partial charge in [-0.1, -0.05) is 18.2 Å². The molecule has 2 aliphatic rings. The van der Waals surface area contributed by atoms with Crippen LogP contribution in [0.15, 0.2) is 30.3 Å². The maximum absolute atomic E-state index is 12.8. The summed E-state index contributed by atoms with van der Waals surface area (Å²) in [6, 6.07) is 9.83. The van der Waals surface area contributed by atoms with Crippen molar-refractivity contribution < 1.29 is 24.6 Å². The first-order valence-electron chi connectivity index (χ1n) is 8.19. The molecule has 2 aromatic rings. The summed E-state index contributed by atoms with van der Waals surface area (Å²) in [6.45, 7) is 1.85. The summed E-state index contributed by atoms with van der Waals surface area (Å²) < 4.78 is 1.09. The van der Waals surface area contributed by atoms with E-state index in [4.69, 9.17) is 9.90 Å². The highest BCUT2D eigenvalue weighted by molar-refractivity contribution is 7.20. The number of carbonyl (C=O) groups excluding carboxylic acids is 1. The molecule has 138 valence electrons. The summed E-state index contributed by atoms with van der Waals surface area (Å²) in [6.07, 6.45) is 0. The second-order valence-electron chi connectivity index (χ2n) is 6.79. The van der Waals surface area contributed by atoms with Crippen LogP contribution in [0.3, 0.4) is 0 Å². The molecule has 2 fully saturated rings. The molecule has 8 heteroatoms. The fourth-order valence-electron chi connectivity index (χ4n) is 4.02. The van der Waals surface area contributed by atoms with Crippen LogP contribution in [0.4, 0.5) is 0 Å². The summed E-state index contributed by atoms with van der Waals surface area (Å²) in [5, 5.41) is 17.7. The average Bonchev–Trinajstić information content (AvgIpc) is 3.24. The molecule has 2 atom stereocenters. The van der Waals surface area contributed by atoms with Crippen molar-refractivity contribution in [2.24, 2.45) is 11.3 Å². The van der Waals surface area contributed by atoms with Crippen molar-refractivity contribution in [3.8, 4) is 0 Å². The van der Waals surface area contributed by atoms with Gasteiger partial charge in [-0.3, -0.25) is 14.4 Å². The number of aliphatic carboxylic acids is 1. The number of carboxylic acid groups (broad SMARTS) is 2. The number of carbonyl (C=O) groups is 3. The number of fused-ring (bicyclic) bond motifs is 2. The number of nitrogens with zero attached hydrogens (tertiary/aromatic N) is 2. The molecule has 26 heavy (non-hydrogen) atoms. The first kappa shape index (κ1) is 18.3. The lowest BCUT2D eigenvalue weighted by Gasteiger charge is -2.23. The zero-order valence-corrected chi connectivity index (χ0v) is 15.1. The fraction of sp³-hybridized carbons (Fsp3) is 0.389. The third-order valence-electron chi connectivity index (χ3n) is 5.13. The fourth-order valence-corrected chi connectivity index (χ4v) is 5.05. The Morgan fingerprint density at radius 1 is 1.27 bits per heavy atom. The molecule has 1 aromatic carbocycles. The van der Waals surface area contributed by atoms with Gasteiger partial charge < -0.3 is 20.0 Å². The van der Waals surface area contributed by atoms with E-state index in [1.54, 1.807) is 4.90 Å². The Balaban J connectivity index is 0.000000613. The van der Waals surface area contributed by atoms with Crippen LogP contribution >= 0.6 is 11.3 Å². The maximum atomic E-state index is 12.8. The van der Waals surface area contributed by atoms with Gasteiger partial charge in [0, 0.05) is 36.8 Å². The summed E-state index contributed by atoms with van der Waals surface area (Å²) in [4.78, 5) is 37.5. The third-order valence-corrected chi connectivity index (χ3v) is 6.23. The van der Waals surface area contributed by atoms with Gasteiger partial charge in [0.25, 0.3) is 12.4 Å². The van der Waals surface area contributed by atoms with Gasteiger partial charge in [-0.2, -0.15) is 0 Å². The largest absolute Gasteiger partial charge is 0.483 e. The molecular formula is C18H20N2O5S. The molecule has 1 aromatic heterocycles. The molecule has 1 amide bonds. The molecule has 2 saturated heterocycles. The van der Waals surface area contributed by atoms with E-state index in [2.05, 4.69) is 4.90 Å². The third kappa shape index (κ3) is 3.06. The topological polar surface area (TPSA) is 98.2 Å². The quantitative estimate of drug-likeness (QED) is 0.774. The van der Waals surface area contributed by atoms with Crippen molar-refractivity contribution in [3.05, 3.63) is 35.2 Å². The minimum atomic E-state index is -0.804. The number of hydrogen-bond donors (Lipinski definition) is 2. The van der Waals surface area contributed by atoms with Gasteiger partial charge in [-0.05, 0) is 24.6 Å². The molecule has 3 heterocycles. The van der Waals surface area contributed by atoms with Gasteiger partial charge in [0.2, 0.25) is 0 Å². The number of hydrogen-bond acceptors (Lipinski definition) is 5. The van der Waals surface area contributed by atoms with Crippen LogP contribution < -0.4 is 0 Å². The molecule has 0 bridgehead atoms. The Hall–Kier alpha value is -2.45. The first-order chi connectivity index (χ1) is 12.4. The molecule has 7 nitrogen and oxygen atoms in total. The van der Waals surface area contributed by atoms with Crippen molar-refractivity contribution in [1.82, 2.24) is 9.80 Å². The van der Waals surface area contributed by atoms with Crippen LogP contribution in [0, 0.1) is 11.3 Å². The van der Waals surface area contributed by atoms with Gasteiger partial charge in [0.1, 0.15) is 5.41 Å². The standard InChI is InChI=1S/C17H18N2O3S.CH2O2/c1-18-7-12-8-19(10-17(12,9-18)16(21)22)15(20)14-6-11-4-2-3-5-13(11)23-14;2-1-3/h2-6,12H,7-10H2,1H3,(H,21,22);1H,(H,2,3)/t12-,17-;/m0./s1. The van der Waals surface area contributed by atoms with Crippen molar-refractivity contribution in [1.29, 1.82) is 0 Å². The second kappa shape index (κ2) is 7.05. The SMILES string of the molecule is CN1C[C@H]2CN(C(=O)c3cc4ccccc4s3)C[C@@]2(C(=O)O)C1.O=CO.